The summed E-state index contributed by atoms with van der Waals surface area (Å²) >= 11 is 0. The maximum absolute atomic E-state index is 5.85. The van der Waals surface area contributed by atoms with Crippen LogP contribution in [-0.2, 0) is 9.47 Å². The van der Waals surface area contributed by atoms with Gasteiger partial charge in [-0.15, -0.1) is 0 Å². The first-order valence-electron chi connectivity index (χ1n) is 7.83. The molecule has 1 atom stereocenters. The topological polar surface area (TPSA) is 39.5 Å². The van der Waals surface area contributed by atoms with E-state index in [9.17, 15) is 0 Å². The third kappa shape index (κ3) is 2.51. The van der Waals surface area contributed by atoms with E-state index < -0.39 is 0 Å². The van der Waals surface area contributed by atoms with E-state index in [0.29, 0.717) is 0 Å². The molecule has 0 N–H and O–H groups in total. The predicted molar refractivity (Wildman–Crippen MR) is 81.6 cm³/mol. The Hall–Kier alpha value is -1.59. The molecule has 0 amide bonds. The molecule has 1 aromatic carbocycles. The van der Waals surface area contributed by atoms with E-state index in [1.54, 1.807) is 0 Å². The molecule has 0 bridgehead atoms. The number of fused-ring (bicyclic) bond motifs is 1. The van der Waals surface area contributed by atoms with Crippen molar-refractivity contribution in [1.29, 1.82) is 0 Å². The van der Waals surface area contributed by atoms with Gasteiger partial charge in [0.2, 0.25) is 0 Å². The first-order chi connectivity index (χ1) is 10.4. The smallest absolute Gasteiger partial charge is 0.150 e. The fraction of sp³-hybridized carbons (Fsp3) is 0.562. The quantitative estimate of drug-likeness (QED) is 0.851. The van der Waals surface area contributed by atoms with E-state index in [4.69, 9.17) is 9.47 Å². The number of benzene rings is 1. The molecule has 2 fully saturated rings. The third-order valence-corrected chi connectivity index (χ3v) is 4.38. The third-order valence-electron chi connectivity index (χ3n) is 4.38. The van der Waals surface area contributed by atoms with Gasteiger partial charge in [0.15, 0.2) is 6.23 Å². The van der Waals surface area contributed by atoms with Gasteiger partial charge in [0.25, 0.3) is 0 Å². The van der Waals surface area contributed by atoms with Crippen LogP contribution < -0.4 is 4.90 Å². The highest BCUT2D eigenvalue weighted by Gasteiger charge is 2.19. The normalized spacial score (nSPS) is 23.6. The zero-order valence-corrected chi connectivity index (χ0v) is 12.2. The lowest BCUT2D eigenvalue weighted by molar-refractivity contribution is -0.0366. The van der Waals surface area contributed by atoms with Gasteiger partial charge in [-0.25, -0.2) is 4.68 Å². The lowest BCUT2D eigenvalue weighted by atomic mass is 10.1. The average Bonchev–Trinajstić information content (AvgIpc) is 2.99. The highest BCUT2D eigenvalue weighted by molar-refractivity contribution is 5.82. The summed E-state index contributed by atoms with van der Waals surface area (Å²) in [5.41, 5.74) is 2.42. The molecule has 5 nitrogen and oxygen atoms in total. The Morgan fingerprint density at radius 1 is 1.10 bits per heavy atom. The van der Waals surface area contributed by atoms with Crippen molar-refractivity contribution < 1.29 is 9.47 Å². The maximum atomic E-state index is 5.85. The Labute approximate surface area is 124 Å². The van der Waals surface area contributed by atoms with Crippen molar-refractivity contribution in [2.45, 2.75) is 25.5 Å². The first-order valence-corrected chi connectivity index (χ1v) is 7.83. The number of hydrogen-bond donors (Lipinski definition) is 0. The van der Waals surface area contributed by atoms with E-state index in [2.05, 4.69) is 28.2 Å². The van der Waals surface area contributed by atoms with Crippen LogP contribution in [-0.4, -0.2) is 42.7 Å². The van der Waals surface area contributed by atoms with Gasteiger partial charge in [-0.1, -0.05) is 0 Å². The van der Waals surface area contributed by atoms with E-state index in [1.807, 2.05) is 10.9 Å². The standard InChI is InChI=1S/C16H21N3O2/c1-2-8-21-16(3-1)19-15-5-4-14(11-13(15)12-17-19)18-6-9-20-10-7-18/h4-5,11-12,16H,1-3,6-10H2. The van der Waals surface area contributed by atoms with Crippen molar-refractivity contribution in [3.8, 4) is 0 Å². The van der Waals surface area contributed by atoms with Crippen molar-refractivity contribution >= 4 is 16.6 Å². The monoisotopic (exact) mass is 287 g/mol. The second-order valence-corrected chi connectivity index (χ2v) is 5.75. The number of nitrogens with zero attached hydrogens (tertiary/aromatic N) is 3. The van der Waals surface area contributed by atoms with Crippen LogP contribution in [0.1, 0.15) is 25.5 Å². The lowest BCUT2D eigenvalue weighted by Crippen LogP contribution is -2.36. The molecular formula is C16H21N3O2. The minimum absolute atomic E-state index is 0.102. The van der Waals surface area contributed by atoms with Crippen molar-refractivity contribution in [2.75, 3.05) is 37.8 Å². The molecule has 0 aliphatic carbocycles. The van der Waals surface area contributed by atoms with Crippen molar-refractivity contribution in [3.63, 3.8) is 0 Å². The lowest BCUT2D eigenvalue weighted by Gasteiger charge is -2.29. The molecule has 0 saturated carbocycles. The van der Waals surface area contributed by atoms with Crippen LogP contribution >= 0.6 is 0 Å². The Morgan fingerprint density at radius 2 is 2.00 bits per heavy atom. The Bertz CT molecular complexity index is 613. The number of hydrogen-bond acceptors (Lipinski definition) is 4. The average molecular weight is 287 g/mol. The number of ether oxygens (including phenoxy) is 2. The van der Waals surface area contributed by atoms with Gasteiger partial charge < -0.3 is 14.4 Å². The van der Waals surface area contributed by atoms with Crippen LogP contribution in [0.25, 0.3) is 10.9 Å². The fourth-order valence-corrected chi connectivity index (χ4v) is 3.20. The van der Waals surface area contributed by atoms with Gasteiger partial charge >= 0.3 is 0 Å². The summed E-state index contributed by atoms with van der Waals surface area (Å²) in [5, 5.41) is 5.74. The number of rotatable bonds is 2. The minimum Gasteiger partial charge on any atom is -0.378 e. The Morgan fingerprint density at radius 3 is 2.81 bits per heavy atom. The highest BCUT2D eigenvalue weighted by Crippen LogP contribution is 2.28. The summed E-state index contributed by atoms with van der Waals surface area (Å²) in [6, 6.07) is 6.59. The molecule has 112 valence electrons. The molecule has 21 heavy (non-hydrogen) atoms. The van der Waals surface area contributed by atoms with Crippen LogP contribution in [0, 0.1) is 0 Å². The maximum Gasteiger partial charge on any atom is 0.150 e. The summed E-state index contributed by atoms with van der Waals surface area (Å²) < 4.78 is 13.3. The molecule has 2 aliphatic heterocycles. The van der Waals surface area contributed by atoms with Gasteiger partial charge in [0.1, 0.15) is 0 Å². The second-order valence-electron chi connectivity index (χ2n) is 5.75. The number of aromatic nitrogens is 2. The fourth-order valence-electron chi connectivity index (χ4n) is 3.20. The zero-order valence-electron chi connectivity index (χ0n) is 12.2. The van der Waals surface area contributed by atoms with Gasteiger partial charge in [-0.2, -0.15) is 5.10 Å². The SMILES string of the molecule is c1cc2c(cnn2C2CCCCO2)cc1N1CCOCC1. The largest absolute Gasteiger partial charge is 0.378 e. The number of morpholine rings is 1. The molecule has 5 heteroatoms. The van der Waals surface area contributed by atoms with Crippen LogP contribution in [0.2, 0.25) is 0 Å². The summed E-state index contributed by atoms with van der Waals surface area (Å²) in [7, 11) is 0. The van der Waals surface area contributed by atoms with Crippen LogP contribution in [0.5, 0.6) is 0 Å². The highest BCUT2D eigenvalue weighted by atomic mass is 16.5. The summed E-state index contributed by atoms with van der Waals surface area (Å²) in [4.78, 5) is 2.37. The van der Waals surface area contributed by atoms with Crippen molar-refractivity contribution in [3.05, 3.63) is 24.4 Å². The molecule has 0 spiro atoms. The molecular weight excluding hydrogens is 266 g/mol. The van der Waals surface area contributed by atoms with Crippen molar-refractivity contribution in [1.82, 2.24) is 9.78 Å². The van der Waals surface area contributed by atoms with Crippen LogP contribution in [0.3, 0.4) is 0 Å². The number of anilines is 1. The molecule has 2 aromatic rings. The van der Waals surface area contributed by atoms with E-state index >= 15 is 0 Å². The van der Waals surface area contributed by atoms with E-state index in [-0.39, 0.29) is 6.23 Å². The first kappa shape index (κ1) is 13.1. The van der Waals surface area contributed by atoms with Crippen LogP contribution in [0.4, 0.5) is 5.69 Å². The van der Waals surface area contributed by atoms with E-state index in [0.717, 1.165) is 45.8 Å². The summed E-state index contributed by atoms with van der Waals surface area (Å²) in [6.45, 7) is 4.40. The molecule has 3 heterocycles. The second kappa shape index (κ2) is 5.66. The summed E-state index contributed by atoms with van der Waals surface area (Å²) in [5.74, 6) is 0. The molecule has 2 aliphatic rings. The van der Waals surface area contributed by atoms with Gasteiger partial charge in [0.05, 0.1) is 24.9 Å². The van der Waals surface area contributed by atoms with Gasteiger partial charge in [0, 0.05) is 30.8 Å². The molecule has 4 rings (SSSR count). The molecule has 1 unspecified atom stereocenters. The Balaban J connectivity index is 1.63. The Kier molecular flexibility index (Phi) is 3.53. The van der Waals surface area contributed by atoms with Gasteiger partial charge in [-0.3, -0.25) is 0 Å². The molecule has 1 aromatic heterocycles. The van der Waals surface area contributed by atoms with Gasteiger partial charge in [-0.05, 0) is 37.5 Å². The minimum atomic E-state index is 0.102. The van der Waals surface area contributed by atoms with E-state index in [1.165, 1.54) is 23.0 Å². The molecule has 2 saturated heterocycles. The predicted octanol–water partition coefficient (Wildman–Crippen LogP) is 2.57. The van der Waals surface area contributed by atoms with Crippen molar-refractivity contribution in [2.24, 2.45) is 0 Å². The van der Waals surface area contributed by atoms with Crippen LogP contribution in [0.15, 0.2) is 24.4 Å². The summed E-state index contributed by atoms with van der Waals surface area (Å²) in [6.07, 6.45) is 5.50. The molecule has 0 radical (unpaired) electrons. The zero-order chi connectivity index (χ0) is 14.1.